The van der Waals surface area contributed by atoms with Gasteiger partial charge in [0.05, 0.1) is 0 Å². The van der Waals surface area contributed by atoms with Gasteiger partial charge in [0.25, 0.3) is 0 Å². The highest BCUT2D eigenvalue weighted by Gasteiger charge is 2.19. The van der Waals surface area contributed by atoms with E-state index in [0.29, 0.717) is 0 Å². The molecule has 0 saturated heterocycles. The third-order valence-electron chi connectivity index (χ3n) is 10.8. The van der Waals surface area contributed by atoms with Crippen LogP contribution in [0.25, 0.3) is 86.3 Å². The molecule has 0 saturated carbocycles. The van der Waals surface area contributed by atoms with Crippen molar-refractivity contribution in [3.8, 4) is 33.4 Å². The van der Waals surface area contributed by atoms with Gasteiger partial charge < -0.3 is 9.32 Å². The molecular formula is C52H33NOS. The van der Waals surface area contributed by atoms with Crippen molar-refractivity contribution in [2.75, 3.05) is 4.90 Å². The average Bonchev–Trinajstić information content (AvgIpc) is 3.82. The summed E-state index contributed by atoms with van der Waals surface area (Å²) in [5.41, 5.74) is 12.1. The fourth-order valence-electron chi connectivity index (χ4n) is 8.14. The lowest BCUT2D eigenvalue weighted by Crippen LogP contribution is -2.10. The number of para-hydroxylation sites is 1. The molecule has 0 radical (unpaired) electrons. The predicted molar refractivity (Wildman–Crippen MR) is 235 cm³/mol. The van der Waals surface area contributed by atoms with Gasteiger partial charge in [-0.2, -0.15) is 0 Å². The zero-order valence-electron chi connectivity index (χ0n) is 29.8. The topological polar surface area (TPSA) is 16.4 Å². The number of anilines is 3. The second-order valence-corrected chi connectivity index (χ2v) is 15.2. The highest BCUT2D eigenvalue weighted by Crippen LogP contribution is 2.45. The van der Waals surface area contributed by atoms with E-state index in [4.69, 9.17) is 4.42 Å². The number of nitrogens with zero attached hydrogens (tertiary/aromatic N) is 1. The van der Waals surface area contributed by atoms with Gasteiger partial charge in [0.2, 0.25) is 0 Å². The number of fused-ring (bicyclic) bond motifs is 7. The zero-order valence-corrected chi connectivity index (χ0v) is 30.6. The molecular weight excluding hydrogens is 687 g/mol. The van der Waals surface area contributed by atoms with Crippen LogP contribution in [0.4, 0.5) is 17.1 Å². The average molecular weight is 720 g/mol. The Bertz CT molecular complexity index is 3210. The standard InChI is InChI=1S/C52H33NOS/c1-2-11-34(12-3-1)39-30-40(44-17-10-18-48-47-16-7-9-20-51(47)55-52(44)48)32-43(31-39)53(42-27-28-46-45-15-6-8-19-49(45)54-50(46)33-42)41-25-23-36(24-26-41)38-22-21-35-13-4-5-14-37(35)29-38/h1-33H. The van der Waals surface area contributed by atoms with Crippen molar-refractivity contribution >= 4 is 81.3 Å². The molecule has 2 nitrogen and oxygen atoms in total. The molecule has 2 aromatic heterocycles. The van der Waals surface area contributed by atoms with Crippen molar-refractivity contribution in [3.05, 3.63) is 200 Å². The summed E-state index contributed by atoms with van der Waals surface area (Å²) in [5.74, 6) is 0. The molecule has 2 heterocycles. The van der Waals surface area contributed by atoms with Gasteiger partial charge in [0.15, 0.2) is 0 Å². The maximum Gasteiger partial charge on any atom is 0.137 e. The number of thiophene rings is 1. The molecule has 55 heavy (non-hydrogen) atoms. The molecule has 0 fully saturated rings. The minimum atomic E-state index is 0.867. The number of benzene rings is 9. The number of furan rings is 1. The largest absolute Gasteiger partial charge is 0.456 e. The summed E-state index contributed by atoms with van der Waals surface area (Å²) < 4.78 is 9.07. The van der Waals surface area contributed by atoms with Gasteiger partial charge in [-0.15, -0.1) is 11.3 Å². The van der Waals surface area contributed by atoms with E-state index in [0.717, 1.165) is 44.6 Å². The minimum Gasteiger partial charge on any atom is -0.456 e. The third kappa shape index (κ3) is 5.48. The molecule has 0 N–H and O–H groups in total. The first-order valence-electron chi connectivity index (χ1n) is 18.7. The van der Waals surface area contributed by atoms with Crippen molar-refractivity contribution in [2.45, 2.75) is 0 Å². The van der Waals surface area contributed by atoms with Crippen LogP contribution in [-0.4, -0.2) is 0 Å². The molecule has 0 amide bonds. The SMILES string of the molecule is c1ccc(-c2cc(-c3cccc4c3sc3ccccc34)cc(N(c3ccc(-c4ccc5ccccc5c4)cc3)c3ccc4c(c3)oc3ccccc34)c2)cc1. The Hall–Kier alpha value is -6.94. The summed E-state index contributed by atoms with van der Waals surface area (Å²) in [7, 11) is 0. The lowest BCUT2D eigenvalue weighted by molar-refractivity contribution is 0.669. The summed E-state index contributed by atoms with van der Waals surface area (Å²) in [6.07, 6.45) is 0. The molecule has 3 heteroatoms. The smallest absolute Gasteiger partial charge is 0.137 e. The molecule has 11 aromatic rings. The molecule has 0 aliphatic rings. The molecule has 0 bridgehead atoms. The van der Waals surface area contributed by atoms with Gasteiger partial charge in [-0.25, -0.2) is 0 Å². The molecule has 0 atom stereocenters. The maximum atomic E-state index is 6.46. The Balaban J connectivity index is 1.13. The van der Waals surface area contributed by atoms with Crippen LogP contribution >= 0.6 is 11.3 Å². The van der Waals surface area contributed by atoms with Gasteiger partial charge in [-0.1, -0.05) is 133 Å². The first kappa shape index (κ1) is 31.6. The first-order chi connectivity index (χ1) is 27.2. The lowest BCUT2D eigenvalue weighted by atomic mass is 9.96. The lowest BCUT2D eigenvalue weighted by Gasteiger charge is -2.27. The van der Waals surface area contributed by atoms with Crippen LogP contribution in [0.5, 0.6) is 0 Å². The van der Waals surface area contributed by atoms with Crippen molar-refractivity contribution in [1.82, 2.24) is 0 Å². The highest BCUT2D eigenvalue weighted by atomic mass is 32.1. The van der Waals surface area contributed by atoms with E-state index >= 15 is 0 Å². The first-order valence-corrected chi connectivity index (χ1v) is 19.5. The van der Waals surface area contributed by atoms with E-state index < -0.39 is 0 Å². The molecule has 9 aromatic carbocycles. The number of rotatable bonds is 6. The second-order valence-electron chi connectivity index (χ2n) is 14.1. The van der Waals surface area contributed by atoms with Gasteiger partial charge in [-0.3, -0.25) is 0 Å². The summed E-state index contributed by atoms with van der Waals surface area (Å²) in [6.45, 7) is 0. The monoisotopic (exact) mass is 719 g/mol. The number of hydrogen-bond acceptors (Lipinski definition) is 3. The Morgan fingerprint density at radius 2 is 1.02 bits per heavy atom. The molecule has 11 rings (SSSR count). The van der Waals surface area contributed by atoms with Crippen molar-refractivity contribution in [3.63, 3.8) is 0 Å². The van der Waals surface area contributed by atoms with E-state index in [9.17, 15) is 0 Å². The normalized spacial score (nSPS) is 11.6. The quantitative estimate of drug-likeness (QED) is 0.170. The van der Waals surface area contributed by atoms with E-state index in [1.807, 2.05) is 23.5 Å². The van der Waals surface area contributed by atoms with Crippen LogP contribution in [0, 0.1) is 0 Å². The van der Waals surface area contributed by atoms with E-state index in [1.54, 1.807) is 0 Å². The van der Waals surface area contributed by atoms with Crippen molar-refractivity contribution in [1.29, 1.82) is 0 Å². The van der Waals surface area contributed by atoms with Crippen LogP contribution in [0.15, 0.2) is 205 Å². The Morgan fingerprint density at radius 1 is 0.345 bits per heavy atom. The Kier molecular flexibility index (Phi) is 7.39. The van der Waals surface area contributed by atoms with Gasteiger partial charge in [0.1, 0.15) is 11.2 Å². The number of hydrogen-bond donors (Lipinski definition) is 0. The third-order valence-corrected chi connectivity index (χ3v) is 12.0. The molecule has 0 aliphatic heterocycles. The van der Waals surface area contributed by atoms with Crippen LogP contribution < -0.4 is 4.90 Å². The van der Waals surface area contributed by atoms with Gasteiger partial charge >= 0.3 is 0 Å². The summed E-state index contributed by atoms with van der Waals surface area (Å²) >= 11 is 1.87. The molecule has 258 valence electrons. The van der Waals surface area contributed by atoms with Crippen LogP contribution in [0.2, 0.25) is 0 Å². The Morgan fingerprint density at radius 3 is 1.91 bits per heavy atom. The predicted octanol–water partition coefficient (Wildman–Crippen LogP) is 15.6. The summed E-state index contributed by atoms with van der Waals surface area (Å²) in [6, 6.07) is 72.3. The highest BCUT2D eigenvalue weighted by molar-refractivity contribution is 7.26. The van der Waals surface area contributed by atoms with E-state index in [-0.39, 0.29) is 0 Å². The van der Waals surface area contributed by atoms with Crippen molar-refractivity contribution < 1.29 is 4.42 Å². The van der Waals surface area contributed by atoms with Gasteiger partial charge in [0, 0.05) is 54.1 Å². The fourth-order valence-corrected chi connectivity index (χ4v) is 9.38. The van der Waals surface area contributed by atoms with E-state index in [1.165, 1.54) is 58.8 Å². The summed E-state index contributed by atoms with van der Waals surface area (Å²) in [4.78, 5) is 2.37. The van der Waals surface area contributed by atoms with E-state index in [2.05, 4.69) is 193 Å². The Labute approximate surface area is 322 Å². The van der Waals surface area contributed by atoms with Gasteiger partial charge in [-0.05, 0) is 105 Å². The minimum absolute atomic E-state index is 0.867. The molecule has 0 unspecified atom stereocenters. The summed E-state index contributed by atoms with van der Waals surface area (Å²) in [5, 5.41) is 7.32. The zero-order chi connectivity index (χ0) is 36.3. The molecule has 0 spiro atoms. The molecule has 0 aliphatic carbocycles. The second kappa shape index (κ2) is 12.9. The van der Waals surface area contributed by atoms with Crippen LogP contribution in [0.1, 0.15) is 0 Å². The maximum absolute atomic E-state index is 6.46. The fraction of sp³-hybridized carbons (Fsp3) is 0. The van der Waals surface area contributed by atoms with Crippen LogP contribution in [-0.2, 0) is 0 Å². The van der Waals surface area contributed by atoms with Crippen LogP contribution in [0.3, 0.4) is 0 Å². The van der Waals surface area contributed by atoms with Crippen molar-refractivity contribution in [2.24, 2.45) is 0 Å².